The van der Waals surface area contributed by atoms with Gasteiger partial charge in [0, 0.05) is 25.8 Å². The molecule has 0 bridgehead atoms. The van der Waals surface area contributed by atoms with Gasteiger partial charge in [-0.1, -0.05) is 25.1 Å². The summed E-state index contributed by atoms with van der Waals surface area (Å²) < 4.78 is 19.2. The second-order valence-electron chi connectivity index (χ2n) is 5.72. The van der Waals surface area contributed by atoms with Crippen LogP contribution in [0.3, 0.4) is 0 Å². The van der Waals surface area contributed by atoms with E-state index in [4.69, 9.17) is 10.5 Å². The largest absolute Gasteiger partial charge is 0.380 e. The summed E-state index contributed by atoms with van der Waals surface area (Å²) in [6, 6.07) is 6.48. The van der Waals surface area contributed by atoms with Crippen molar-refractivity contribution in [3.8, 4) is 0 Å². The molecule has 3 unspecified atom stereocenters. The van der Waals surface area contributed by atoms with Gasteiger partial charge < -0.3 is 15.4 Å². The Kier molecular flexibility index (Phi) is 7.26. The van der Waals surface area contributed by atoms with Gasteiger partial charge in [0.1, 0.15) is 5.82 Å². The Morgan fingerprint density at radius 2 is 2.18 bits per heavy atom. The van der Waals surface area contributed by atoms with E-state index in [0.29, 0.717) is 24.6 Å². The molecule has 1 amide bonds. The van der Waals surface area contributed by atoms with Crippen LogP contribution in [0.4, 0.5) is 4.39 Å². The highest BCUT2D eigenvalue weighted by atomic mass is 35.5. The van der Waals surface area contributed by atoms with Crippen molar-refractivity contribution in [2.24, 2.45) is 11.7 Å². The van der Waals surface area contributed by atoms with Gasteiger partial charge in [0.05, 0.1) is 18.6 Å². The van der Waals surface area contributed by atoms with Gasteiger partial charge in [-0.05, 0) is 18.4 Å². The smallest absolute Gasteiger partial charge is 0.225 e. The summed E-state index contributed by atoms with van der Waals surface area (Å²) in [6.07, 6.45) is 0.743. The number of nitrogens with two attached hydrogens (primary N) is 1. The normalized spacial score (nSPS) is 22.3. The van der Waals surface area contributed by atoms with Gasteiger partial charge in [0.15, 0.2) is 0 Å². The number of carbonyl (C=O) groups excluding carboxylic acids is 1. The molecule has 2 rings (SSSR count). The van der Waals surface area contributed by atoms with Crippen molar-refractivity contribution in [2.75, 3.05) is 20.2 Å². The molecule has 6 heteroatoms. The number of amides is 1. The predicted octanol–water partition coefficient (Wildman–Crippen LogP) is 2.52. The van der Waals surface area contributed by atoms with E-state index in [2.05, 4.69) is 6.92 Å². The van der Waals surface area contributed by atoms with Crippen molar-refractivity contribution in [3.63, 3.8) is 0 Å². The van der Waals surface area contributed by atoms with Crippen LogP contribution in [-0.4, -0.2) is 37.1 Å². The first-order valence-corrected chi connectivity index (χ1v) is 7.33. The third kappa shape index (κ3) is 4.18. The van der Waals surface area contributed by atoms with Gasteiger partial charge in [-0.2, -0.15) is 0 Å². The maximum absolute atomic E-state index is 14.0. The average molecular weight is 331 g/mol. The second-order valence-corrected chi connectivity index (χ2v) is 5.72. The second kappa shape index (κ2) is 8.46. The Balaban J connectivity index is 0.00000242. The topological polar surface area (TPSA) is 55.6 Å². The lowest BCUT2D eigenvalue weighted by Gasteiger charge is -2.27. The lowest BCUT2D eigenvalue weighted by Crippen LogP contribution is -2.36. The number of carbonyl (C=O) groups is 1. The summed E-state index contributed by atoms with van der Waals surface area (Å²) in [5, 5.41) is 0. The van der Waals surface area contributed by atoms with Crippen LogP contribution in [0.5, 0.6) is 0 Å². The van der Waals surface area contributed by atoms with E-state index in [1.807, 2.05) is 6.07 Å². The highest BCUT2D eigenvalue weighted by Gasteiger charge is 2.35. The number of rotatable bonds is 5. The Labute approximate surface area is 137 Å². The summed E-state index contributed by atoms with van der Waals surface area (Å²) >= 11 is 0. The molecule has 1 heterocycles. The number of hydrogen-bond acceptors (Lipinski definition) is 3. The number of methoxy groups -OCH3 is 1. The van der Waals surface area contributed by atoms with Gasteiger partial charge in [-0.3, -0.25) is 4.79 Å². The zero-order valence-electron chi connectivity index (χ0n) is 13.0. The fourth-order valence-electron chi connectivity index (χ4n) is 2.94. The zero-order chi connectivity index (χ0) is 15.4. The highest BCUT2D eigenvalue weighted by molar-refractivity contribution is 5.85. The molecule has 4 nitrogen and oxygen atoms in total. The van der Waals surface area contributed by atoms with Gasteiger partial charge in [0.25, 0.3) is 0 Å². The quantitative estimate of drug-likeness (QED) is 0.902. The van der Waals surface area contributed by atoms with Gasteiger partial charge >= 0.3 is 0 Å². The van der Waals surface area contributed by atoms with Gasteiger partial charge in [0.2, 0.25) is 5.91 Å². The summed E-state index contributed by atoms with van der Waals surface area (Å²) in [6.45, 7) is 3.03. The Morgan fingerprint density at radius 3 is 2.77 bits per heavy atom. The van der Waals surface area contributed by atoms with Crippen LogP contribution in [0.1, 0.15) is 31.4 Å². The predicted molar refractivity (Wildman–Crippen MR) is 86.4 cm³/mol. The maximum atomic E-state index is 14.0. The summed E-state index contributed by atoms with van der Waals surface area (Å²) in [5.41, 5.74) is 6.17. The molecule has 0 saturated carbocycles. The van der Waals surface area contributed by atoms with Gasteiger partial charge in [-0.25, -0.2) is 4.39 Å². The molecule has 0 radical (unpaired) electrons. The molecule has 1 aromatic carbocycles. The first-order valence-electron chi connectivity index (χ1n) is 7.33. The minimum absolute atomic E-state index is 0. The van der Waals surface area contributed by atoms with E-state index in [1.54, 1.807) is 24.1 Å². The van der Waals surface area contributed by atoms with E-state index < -0.39 is 0 Å². The number of ether oxygens (including phenoxy) is 1. The molecule has 1 saturated heterocycles. The van der Waals surface area contributed by atoms with Crippen LogP contribution in [0.2, 0.25) is 0 Å². The molecule has 0 aromatic heterocycles. The molecule has 0 spiro atoms. The molecule has 0 aliphatic carbocycles. The molecule has 124 valence electrons. The minimum atomic E-state index is -0.283. The molecule has 3 atom stereocenters. The van der Waals surface area contributed by atoms with Crippen molar-refractivity contribution in [2.45, 2.75) is 31.9 Å². The van der Waals surface area contributed by atoms with E-state index in [0.717, 1.165) is 6.42 Å². The lowest BCUT2D eigenvalue weighted by molar-refractivity contribution is -0.134. The molecular formula is C16H24ClFN2O2. The third-order valence-corrected chi connectivity index (χ3v) is 4.09. The average Bonchev–Trinajstić information content (AvgIpc) is 2.87. The van der Waals surface area contributed by atoms with Crippen molar-refractivity contribution in [1.29, 1.82) is 0 Å². The Hall–Kier alpha value is -1.17. The molecule has 1 aliphatic rings. The minimum Gasteiger partial charge on any atom is -0.380 e. The zero-order valence-corrected chi connectivity index (χ0v) is 13.8. The van der Waals surface area contributed by atoms with E-state index in [-0.39, 0.29) is 42.7 Å². The van der Waals surface area contributed by atoms with Crippen LogP contribution in [0.25, 0.3) is 0 Å². The number of hydrogen-bond donors (Lipinski definition) is 1. The van der Waals surface area contributed by atoms with Crippen LogP contribution < -0.4 is 5.73 Å². The van der Waals surface area contributed by atoms with Crippen LogP contribution in [0, 0.1) is 11.7 Å². The Morgan fingerprint density at radius 1 is 1.50 bits per heavy atom. The summed E-state index contributed by atoms with van der Waals surface area (Å²) in [7, 11) is 1.55. The van der Waals surface area contributed by atoms with Crippen LogP contribution in [-0.2, 0) is 9.53 Å². The molecule has 22 heavy (non-hydrogen) atoms. The SMILES string of the molecule is COC(CN)CC(=O)N1CC(C)CC1c1ccccc1F.Cl. The number of likely N-dealkylation sites (tertiary alicyclic amines) is 1. The van der Waals surface area contributed by atoms with Crippen LogP contribution in [0.15, 0.2) is 24.3 Å². The first kappa shape index (κ1) is 18.9. The molecule has 1 aliphatic heterocycles. The van der Waals surface area contributed by atoms with E-state index in [1.165, 1.54) is 6.07 Å². The lowest BCUT2D eigenvalue weighted by atomic mass is 10.0. The summed E-state index contributed by atoms with van der Waals surface area (Å²) in [4.78, 5) is 14.3. The number of halogens is 2. The van der Waals surface area contributed by atoms with Crippen molar-refractivity contribution >= 4 is 18.3 Å². The monoisotopic (exact) mass is 330 g/mol. The van der Waals surface area contributed by atoms with E-state index in [9.17, 15) is 9.18 Å². The molecular weight excluding hydrogens is 307 g/mol. The highest BCUT2D eigenvalue weighted by Crippen LogP contribution is 2.36. The first-order chi connectivity index (χ1) is 10.1. The van der Waals surface area contributed by atoms with Crippen molar-refractivity contribution in [1.82, 2.24) is 4.90 Å². The van der Waals surface area contributed by atoms with E-state index >= 15 is 0 Å². The van der Waals surface area contributed by atoms with Crippen molar-refractivity contribution < 1.29 is 13.9 Å². The molecule has 2 N–H and O–H groups in total. The fraction of sp³-hybridized carbons (Fsp3) is 0.562. The molecule has 1 fully saturated rings. The number of benzene rings is 1. The molecule has 1 aromatic rings. The summed E-state index contributed by atoms with van der Waals surface area (Å²) in [5.74, 6) is 0.0823. The fourth-order valence-corrected chi connectivity index (χ4v) is 2.94. The van der Waals surface area contributed by atoms with Crippen molar-refractivity contribution in [3.05, 3.63) is 35.6 Å². The maximum Gasteiger partial charge on any atom is 0.225 e. The third-order valence-electron chi connectivity index (χ3n) is 4.09. The van der Waals surface area contributed by atoms with Crippen LogP contribution >= 0.6 is 12.4 Å². The Bertz CT molecular complexity index is 497. The number of nitrogens with zero attached hydrogens (tertiary/aromatic N) is 1. The standard InChI is InChI=1S/C16H23FN2O2.ClH/c1-11-7-15(13-5-3-4-6-14(13)17)19(10-11)16(20)8-12(9-18)21-2;/h3-6,11-12,15H,7-10,18H2,1-2H3;1H. The van der Waals surface area contributed by atoms with Gasteiger partial charge in [-0.15, -0.1) is 12.4 Å².